The van der Waals surface area contributed by atoms with Crippen LogP contribution in [0.2, 0.25) is 0 Å². The maximum Gasteiger partial charge on any atom is 0.117 e. The van der Waals surface area contributed by atoms with Crippen molar-refractivity contribution in [2.75, 3.05) is 0 Å². The molecule has 1 N–H and O–H groups in total. The Kier molecular flexibility index (Phi) is 3.83. The fourth-order valence-electron chi connectivity index (χ4n) is 1.74. The molecular formula is C13H18N2O. The van der Waals surface area contributed by atoms with Crippen LogP contribution in [0.5, 0.6) is 0 Å². The third kappa shape index (κ3) is 3.00. The number of rotatable bonds is 6. The van der Waals surface area contributed by atoms with Gasteiger partial charge in [-0.1, -0.05) is 6.92 Å². The van der Waals surface area contributed by atoms with Gasteiger partial charge in [0, 0.05) is 25.5 Å². The van der Waals surface area contributed by atoms with Crippen LogP contribution in [-0.4, -0.2) is 4.57 Å². The first-order valence-electron chi connectivity index (χ1n) is 5.76. The lowest BCUT2D eigenvalue weighted by Crippen LogP contribution is -2.11. The summed E-state index contributed by atoms with van der Waals surface area (Å²) in [5.74, 6) is 0.980. The van der Waals surface area contributed by atoms with Crippen molar-refractivity contribution >= 4 is 0 Å². The largest absolute Gasteiger partial charge is 0.468 e. The van der Waals surface area contributed by atoms with E-state index in [0.717, 1.165) is 25.4 Å². The van der Waals surface area contributed by atoms with Crippen molar-refractivity contribution in [3.63, 3.8) is 0 Å². The Morgan fingerprint density at radius 3 is 3.00 bits per heavy atom. The quantitative estimate of drug-likeness (QED) is 0.808. The summed E-state index contributed by atoms with van der Waals surface area (Å²) in [4.78, 5) is 0. The van der Waals surface area contributed by atoms with Crippen LogP contribution in [0, 0.1) is 0 Å². The Hall–Kier alpha value is -1.48. The minimum atomic E-state index is 0.784. The summed E-state index contributed by atoms with van der Waals surface area (Å²) in [6.07, 6.45) is 7.20. The molecule has 16 heavy (non-hydrogen) atoms. The Balaban J connectivity index is 1.76. The molecule has 0 aliphatic heterocycles. The molecule has 2 rings (SSSR count). The molecule has 0 aromatic carbocycles. The van der Waals surface area contributed by atoms with Gasteiger partial charge in [0.05, 0.1) is 12.8 Å². The first-order valence-corrected chi connectivity index (χ1v) is 5.76. The van der Waals surface area contributed by atoms with Crippen LogP contribution in [0.15, 0.2) is 41.3 Å². The molecule has 2 heterocycles. The molecule has 2 aromatic rings. The Labute approximate surface area is 96.1 Å². The fourth-order valence-corrected chi connectivity index (χ4v) is 1.74. The Morgan fingerprint density at radius 1 is 1.31 bits per heavy atom. The number of aromatic nitrogens is 1. The summed E-state index contributed by atoms with van der Waals surface area (Å²) >= 11 is 0. The van der Waals surface area contributed by atoms with Crippen molar-refractivity contribution < 1.29 is 4.42 Å². The average molecular weight is 218 g/mol. The van der Waals surface area contributed by atoms with Gasteiger partial charge in [0.1, 0.15) is 5.76 Å². The third-order valence-electron chi connectivity index (χ3n) is 2.50. The zero-order valence-corrected chi connectivity index (χ0v) is 9.65. The van der Waals surface area contributed by atoms with Gasteiger partial charge in [-0.15, -0.1) is 0 Å². The highest BCUT2D eigenvalue weighted by Crippen LogP contribution is 2.03. The number of hydrogen-bond donors (Lipinski definition) is 1. The molecule has 0 aliphatic carbocycles. The van der Waals surface area contributed by atoms with Crippen LogP contribution in [0.3, 0.4) is 0 Å². The molecule has 0 spiro atoms. The topological polar surface area (TPSA) is 30.1 Å². The van der Waals surface area contributed by atoms with E-state index < -0.39 is 0 Å². The van der Waals surface area contributed by atoms with Crippen LogP contribution < -0.4 is 5.32 Å². The molecule has 0 bridgehead atoms. The van der Waals surface area contributed by atoms with Crippen molar-refractivity contribution in [2.24, 2.45) is 0 Å². The summed E-state index contributed by atoms with van der Waals surface area (Å²) in [6, 6.07) is 6.05. The summed E-state index contributed by atoms with van der Waals surface area (Å²) in [5, 5.41) is 3.35. The monoisotopic (exact) mass is 218 g/mol. The summed E-state index contributed by atoms with van der Waals surface area (Å²) in [6.45, 7) is 4.95. The highest BCUT2D eigenvalue weighted by Gasteiger charge is 1.98. The van der Waals surface area contributed by atoms with Crippen molar-refractivity contribution in [1.82, 2.24) is 9.88 Å². The molecule has 86 valence electrons. The maximum absolute atomic E-state index is 5.25. The lowest BCUT2D eigenvalue weighted by molar-refractivity contribution is 0.483. The molecule has 0 unspecified atom stereocenters. The maximum atomic E-state index is 5.25. The van der Waals surface area contributed by atoms with Gasteiger partial charge >= 0.3 is 0 Å². The fraction of sp³-hybridized carbons (Fsp3) is 0.385. The van der Waals surface area contributed by atoms with Gasteiger partial charge in [-0.3, -0.25) is 0 Å². The number of aryl methyl sites for hydroxylation is 1. The molecule has 2 aromatic heterocycles. The molecule has 0 radical (unpaired) electrons. The Bertz CT molecular complexity index is 403. The van der Waals surface area contributed by atoms with E-state index in [1.807, 2.05) is 12.1 Å². The predicted molar refractivity (Wildman–Crippen MR) is 64.0 cm³/mol. The number of hydrogen-bond acceptors (Lipinski definition) is 2. The summed E-state index contributed by atoms with van der Waals surface area (Å²) in [5.41, 5.74) is 1.32. The van der Waals surface area contributed by atoms with Crippen LogP contribution in [-0.2, 0) is 19.6 Å². The van der Waals surface area contributed by atoms with Crippen molar-refractivity contribution in [3.8, 4) is 0 Å². The zero-order valence-electron chi connectivity index (χ0n) is 9.65. The molecule has 0 saturated carbocycles. The highest BCUT2D eigenvalue weighted by atomic mass is 16.3. The van der Waals surface area contributed by atoms with E-state index in [0.29, 0.717) is 0 Å². The van der Waals surface area contributed by atoms with E-state index in [2.05, 4.69) is 35.3 Å². The standard InChI is InChI=1S/C13H18N2O/c1-2-6-15-7-5-12(11-15)9-14-10-13-4-3-8-16-13/h3-5,7-8,11,14H,2,6,9-10H2,1H3. The van der Waals surface area contributed by atoms with Crippen molar-refractivity contribution in [2.45, 2.75) is 33.0 Å². The smallest absolute Gasteiger partial charge is 0.117 e. The molecule has 3 nitrogen and oxygen atoms in total. The van der Waals surface area contributed by atoms with E-state index in [9.17, 15) is 0 Å². The lowest BCUT2D eigenvalue weighted by atomic mass is 10.3. The average Bonchev–Trinajstić information content (AvgIpc) is 2.90. The molecule has 3 heteroatoms. The second-order valence-electron chi connectivity index (χ2n) is 3.94. The van der Waals surface area contributed by atoms with Gasteiger partial charge in [-0.2, -0.15) is 0 Å². The van der Waals surface area contributed by atoms with Gasteiger partial charge in [0.15, 0.2) is 0 Å². The minimum Gasteiger partial charge on any atom is -0.468 e. The van der Waals surface area contributed by atoms with Gasteiger partial charge in [-0.05, 0) is 30.2 Å². The molecule has 0 saturated heterocycles. The molecule has 0 atom stereocenters. The van der Waals surface area contributed by atoms with Crippen LogP contribution >= 0.6 is 0 Å². The molecule has 0 aliphatic rings. The number of furan rings is 1. The minimum absolute atomic E-state index is 0.784. The summed E-state index contributed by atoms with van der Waals surface area (Å²) in [7, 11) is 0. The molecule has 0 amide bonds. The van der Waals surface area contributed by atoms with Crippen molar-refractivity contribution in [3.05, 3.63) is 48.2 Å². The van der Waals surface area contributed by atoms with E-state index >= 15 is 0 Å². The molecular weight excluding hydrogens is 200 g/mol. The predicted octanol–water partition coefficient (Wildman–Crippen LogP) is 2.78. The SMILES string of the molecule is CCCn1ccc(CNCc2ccco2)c1. The van der Waals surface area contributed by atoms with Crippen LogP contribution in [0.4, 0.5) is 0 Å². The highest BCUT2D eigenvalue weighted by molar-refractivity contribution is 5.10. The zero-order chi connectivity index (χ0) is 11.2. The van der Waals surface area contributed by atoms with Crippen LogP contribution in [0.25, 0.3) is 0 Å². The normalized spacial score (nSPS) is 10.8. The van der Waals surface area contributed by atoms with Crippen molar-refractivity contribution in [1.29, 1.82) is 0 Å². The van der Waals surface area contributed by atoms with E-state index in [1.54, 1.807) is 6.26 Å². The van der Waals surface area contributed by atoms with Crippen LogP contribution in [0.1, 0.15) is 24.7 Å². The lowest BCUT2D eigenvalue weighted by Gasteiger charge is -2.00. The third-order valence-corrected chi connectivity index (χ3v) is 2.50. The number of nitrogens with one attached hydrogen (secondary N) is 1. The van der Waals surface area contributed by atoms with E-state index in [4.69, 9.17) is 4.42 Å². The van der Waals surface area contributed by atoms with Gasteiger partial charge in [-0.25, -0.2) is 0 Å². The first-order chi connectivity index (χ1) is 7.88. The second kappa shape index (κ2) is 5.56. The van der Waals surface area contributed by atoms with Gasteiger partial charge in [0.2, 0.25) is 0 Å². The van der Waals surface area contributed by atoms with E-state index in [-0.39, 0.29) is 0 Å². The van der Waals surface area contributed by atoms with E-state index in [1.165, 1.54) is 12.0 Å². The summed E-state index contributed by atoms with van der Waals surface area (Å²) < 4.78 is 7.47. The number of nitrogens with zero attached hydrogens (tertiary/aromatic N) is 1. The Morgan fingerprint density at radius 2 is 2.25 bits per heavy atom. The second-order valence-corrected chi connectivity index (χ2v) is 3.94. The van der Waals surface area contributed by atoms with Gasteiger partial charge < -0.3 is 14.3 Å². The van der Waals surface area contributed by atoms with Gasteiger partial charge in [0.25, 0.3) is 0 Å². The molecule has 0 fully saturated rings. The first kappa shape index (κ1) is 11.0.